The molecular weight excluding hydrogens is 349 g/mol. The average Bonchev–Trinajstić information content (AvgIpc) is 3.26. The Kier molecular flexibility index (Phi) is 5.38. The second kappa shape index (κ2) is 7.36. The Morgan fingerprint density at radius 2 is 2.08 bits per heavy atom. The summed E-state index contributed by atoms with van der Waals surface area (Å²) in [5.74, 6) is -1.70. The molecule has 2 fully saturated rings. The van der Waals surface area contributed by atoms with Gasteiger partial charge in [-0.25, -0.2) is 18.2 Å². The van der Waals surface area contributed by atoms with E-state index in [2.05, 4.69) is 10.9 Å². The van der Waals surface area contributed by atoms with E-state index in [0.717, 1.165) is 5.56 Å². The Labute approximate surface area is 146 Å². The van der Waals surface area contributed by atoms with Crippen molar-refractivity contribution in [2.75, 3.05) is 19.7 Å². The third-order valence-electron chi connectivity index (χ3n) is 4.63. The summed E-state index contributed by atoms with van der Waals surface area (Å²) in [5.41, 5.74) is 6.20. The zero-order valence-electron chi connectivity index (χ0n) is 13.9. The van der Waals surface area contributed by atoms with Crippen LogP contribution < -0.4 is 10.9 Å². The van der Waals surface area contributed by atoms with Gasteiger partial charge in [0.25, 0.3) is 0 Å². The van der Waals surface area contributed by atoms with E-state index in [1.165, 1.54) is 16.4 Å². The van der Waals surface area contributed by atoms with Crippen molar-refractivity contribution in [1.82, 2.24) is 15.2 Å². The zero-order chi connectivity index (χ0) is 18.0. The highest BCUT2D eigenvalue weighted by Crippen LogP contribution is 2.36. The van der Waals surface area contributed by atoms with Crippen LogP contribution in [0.5, 0.6) is 0 Å². The lowest BCUT2D eigenvalue weighted by Gasteiger charge is -2.29. The van der Waals surface area contributed by atoms with Crippen molar-refractivity contribution in [3.63, 3.8) is 0 Å². The molecule has 2 saturated heterocycles. The lowest BCUT2D eigenvalue weighted by molar-refractivity contribution is -0.147. The normalized spacial score (nSPS) is 27.5. The predicted octanol–water partition coefficient (Wildman–Crippen LogP) is 0.906. The van der Waals surface area contributed by atoms with Gasteiger partial charge < -0.3 is 4.74 Å². The van der Waals surface area contributed by atoms with Crippen LogP contribution >= 0.6 is 0 Å². The minimum Gasteiger partial charge on any atom is -0.466 e. The molecule has 7 nitrogen and oxygen atoms in total. The van der Waals surface area contributed by atoms with Crippen molar-refractivity contribution in [3.05, 3.63) is 35.6 Å². The van der Waals surface area contributed by atoms with E-state index >= 15 is 0 Å². The number of esters is 1. The molecule has 0 aromatic heterocycles. The van der Waals surface area contributed by atoms with Gasteiger partial charge in [0.2, 0.25) is 10.0 Å². The van der Waals surface area contributed by atoms with Crippen LogP contribution in [0.15, 0.2) is 24.3 Å². The summed E-state index contributed by atoms with van der Waals surface area (Å²) in [7, 11) is -3.79. The molecule has 0 radical (unpaired) electrons. The molecule has 0 bridgehead atoms. The summed E-state index contributed by atoms with van der Waals surface area (Å²) in [6, 6.07) is 5.52. The Morgan fingerprint density at radius 3 is 2.76 bits per heavy atom. The number of ether oxygens (including phenoxy) is 1. The molecule has 2 N–H and O–H groups in total. The molecule has 3 rings (SSSR count). The predicted molar refractivity (Wildman–Crippen MR) is 89.1 cm³/mol. The Hall–Kier alpha value is -1.55. The van der Waals surface area contributed by atoms with Gasteiger partial charge in [-0.15, -0.1) is 0 Å². The third-order valence-corrected chi connectivity index (χ3v) is 6.81. The number of carbonyl (C=O) groups is 1. The number of hydrogen-bond acceptors (Lipinski definition) is 6. The van der Waals surface area contributed by atoms with Gasteiger partial charge >= 0.3 is 5.97 Å². The maximum Gasteiger partial charge on any atom is 0.313 e. The Morgan fingerprint density at radius 1 is 1.36 bits per heavy atom. The molecule has 25 heavy (non-hydrogen) atoms. The molecule has 1 aromatic carbocycles. The molecule has 2 heterocycles. The third kappa shape index (κ3) is 3.55. The van der Waals surface area contributed by atoms with Crippen LogP contribution in [0.25, 0.3) is 0 Å². The van der Waals surface area contributed by atoms with Crippen LogP contribution in [0.3, 0.4) is 0 Å². The molecule has 0 amide bonds. The first kappa shape index (κ1) is 18.2. The summed E-state index contributed by atoms with van der Waals surface area (Å²) in [5, 5.41) is -1.08. The van der Waals surface area contributed by atoms with Crippen LogP contribution in [0, 0.1) is 11.7 Å². The van der Waals surface area contributed by atoms with Gasteiger partial charge in [-0.3, -0.25) is 10.2 Å². The van der Waals surface area contributed by atoms with Gasteiger partial charge in [0, 0.05) is 19.1 Å². The van der Waals surface area contributed by atoms with E-state index < -0.39 is 27.3 Å². The highest BCUT2D eigenvalue weighted by atomic mass is 32.2. The standard InChI is InChI=1S/C16H22FN3O4S/c1-2-24-16(21)13-10-18-19-15(13)25(22,23)20-9-3-4-14(20)11-5-7-12(17)8-6-11/h5-8,13-15,18-19H,2-4,9-10H2,1H3. The highest BCUT2D eigenvalue weighted by molar-refractivity contribution is 7.89. The summed E-state index contributed by atoms with van der Waals surface area (Å²) >= 11 is 0. The second-order valence-corrected chi connectivity index (χ2v) is 8.18. The average molecular weight is 371 g/mol. The molecule has 9 heteroatoms. The van der Waals surface area contributed by atoms with Crippen molar-refractivity contribution in [2.24, 2.45) is 5.92 Å². The van der Waals surface area contributed by atoms with Gasteiger partial charge in [0.05, 0.1) is 6.61 Å². The summed E-state index contributed by atoms with van der Waals surface area (Å²) in [6.07, 6.45) is 1.38. The number of halogens is 1. The fourth-order valence-corrected chi connectivity index (χ4v) is 5.54. The smallest absolute Gasteiger partial charge is 0.313 e. The topological polar surface area (TPSA) is 87.7 Å². The number of hydrogen-bond donors (Lipinski definition) is 2. The molecule has 1 aromatic rings. The number of sulfonamides is 1. The highest BCUT2D eigenvalue weighted by Gasteiger charge is 2.48. The van der Waals surface area contributed by atoms with Crippen molar-refractivity contribution < 1.29 is 22.3 Å². The lowest BCUT2D eigenvalue weighted by Crippen LogP contribution is -2.48. The molecule has 0 saturated carbocycles. The van der Waals surface area contributed by atoms with Crippen molar-refractivity contribution in [2.45, 2.75) is 31.2 Å². The van der Waals surface area contributed by atoms with Crippen LogP contribution in [-0.4, -0.2) is 43.8 Å². The maximum absolute atomic E-state index is 13.2. The fourth-order valence-electron chi connectivity index (χ4n) is 3.42. The summed E-state index contributed by atoms with van der Waals surface area (Å²) < 4.78 is 45.9. The van der Waals surface area contributed by atoms with Gasteiger partial charge in [-0.1, -0.05) is 12.1 Å². The maximum atomic E-state index is 13.2. The molecule has 0 aliphatic carbocycles. The SMILES string of the molecule is CCOC(=O)C1CNNC1S(=O)(=O)N1CCCC1c1ccc(F)cc1. The number of benzene rings is 1. The summed E-state index contributed by atoms with van der Waals surface area (Å²) in [6.45, 7) is 2.45. The number of carbonyl (C=O) groups excluding carboxylic acids is 1. The quantitative estimate of drug-likeness (QED) is 0.748. The molecular formula is C16H22FN3O4S. The van der Waals surface area contributed by atoms with Crippen LogP contribution in [-0.2, 0) is 19.6 Å². The minimum atomic E-state index is -3.79. The van der Waals surface area contributed by atoms with E-state index in [0.29, 0.717) is 19.4 Å². The number of rotatable bonds is 5. The molecule has 0 spiro atoms. The summed E-state index contributed by atoms with van der Waals surface area (Å²) in [4.78, 5) is 12.1. The second-order valence-electron chi connectivity index (χ2n) is 6.17. The fraction of sp³-hybridized carbons (Fsp3) is 0.562. The first-order valence-electron chi connectivity index (χ1n) is 8.36. The van der Waals surface area contributed by atoms with Crippen LogP contribution in [0.2, 0.25) is 0 Å². The molecule has 138 valence electrons. The van der Waals surface area contributed by atoms with Crippen molar-refractivity contribution >= 4 is 16.0 Å². The minimum absolute atomic E-state index is 0.192. The number of nitrogens with zero attached hydrogens (tertiary/aromatic N) is 1. The van der Waals surface area contributed by atoms with Gasteiger partial charge in [-0.05, 0) is 37.5 Å². The van der Waals surface area contributed by atoms with Crippen LogP contribution in [0.4, 0.5) is 4.39 Å². The first-order chi connectivity index (χ1) is 11.9. The van der Waals surface area contributed by atoms with E-state index in [1.54, 1.807) is 19.1 Å². The van der Waals surface area contributed by atoms with E-state index in [-0.39, 0.29) is 25.0 Å². The van der Waals surface area contributed by atoms with Gasteiger partial charge in [0.1, 0.15) is 11.7 Å². The van der Waals surface area contributed by atoms with E-state index in [1.807, 2.05) is 0 Å². The van der Waals surface area contributed by atoms with Gasteiger partial charge in [0.15, 0.2) is 5.37 Å². The monoisotopic (exact) mass is 371 g/mol. The van der Waals surface area contributed by atoms with Gasteiger partial charge in [-0.2, -0.15) is 4.31 Å². The van der Waals surface area contributed by atoms with Crippen molar-refractivity contribution in [1.29, 1.82) is 0 Å². The number of nitrogens with one attached hydrogen (secondary N) is 2. The van der Waals surface area contributed by atoms with Crippen LogP contribution in [0.1, 0.15) is 31.4 Å². The Balaban J connectivity index is 1.85. The zero-order valence-corrected chi connectivity index (χ0v) is 14.8. The lowest BCUT2D eigenvalue weighted by atomic mass is 10.1. The molecule has 2 aliphatic heterocycles. The first-order valence-corrected chi connectivity index (χ1v) is 9.86. The molecule has 3 atom stereocenters. The van der Waals surface area contributed by atoms with Crippen molar-refractivity contribution in [3.8, 4) is 0 Å². The Bertz CT molecular complexity index is 725. The molecule has 3 unspecified atom stereocenters. The van der Waals surface area contributed by atoms with E-state index in [4.69, 9.17) is 4.74 Å². The van der Waals surface area contributed by atoms with E-state index in [9.17, 15) is 17.6 Å². The largest absolute Gasteiger partial charge is 0.466 e. The number of hydrazine groups is 1. The molecule has 2 aliphatic rings.